The second-order valence-electron chi connectivity index (χ2n) is 7.22. The molecular formula is C22H22N5O. The van der Waals surface area contributed by atoms with E-state index in [1.165, 1.54) is 5.56 Å². The number of rotatable bonds is 4. The zero-order chi connectivity index (χ0) is 19.1. The molecule has 6 heteroatoms. The summed E-state index contributed by atoms with van der Waals surface area (Å²) >= 11 is 0. The van der Waals surface area contributed by atoms with Crippen LogP contribution in [-0.2, 0) is 0 Å². The van der Waals surface area contributed by atoms with Crippen molar-refractivity contribution in [1.29, 1.82) is 0 Å². The van der Waals surface area contributed by atoms with Crippen LogP contribution >= 0.6 is 0 Å². The Morgan fingerprint density at radius 2 is 2.21 bits per heavy atom. The third-order valence-corrected chi connectivity index (χ3v) is 5.36. The van der Waals surface area contributed by atoms with Gasteiger partial charge in [-0.25, -0.2) is 9.67 Å². The van der Waals surface area contributed by atoms with Gasteiger partial charge in [0.1, 0.15) is 11.6 Å². The van der Waals surface area contributed by atoms with E-state index in [2.05, 4.69) is 34.0 Å². The first kappa shape index (κ1) is 16.9. The van der Waals surface area contributed by atoms with Gasteiger partial charge in [-0.15, -0.1) is 0 Å². The van der Waals surface area contributed by atoms with Gasteiger partial charge in [-0.05, 0) is 55.7 Å². The highest BCUT2D eigenvalue weighted by atomic mass is 16.5. The number of nitrogens with one attached hydrogen (secondary N) is 1. The predicted octanol–water partition coefficient (Wildman–Crippen LogP) is 4.21. The molecule has 5 rings (SSSR count). The number of fused-ring (bicyclic) bond motifs is 1. The summed E-state index contributed by atoms with van der Waals surface area (Å²) in [5, 5.41) is 4.42. The first-order chi connectivity index (χ1) is 13.7. The van der Waals surface area contributed by atoms with Crippen LogP contribution in [0.5, 0.6) is 5.75 Å². The number of methoxy groups -OCH3 is 1. The fourth-order valence-corrected chi connectivity index (χ4v) is 4.01. The van der Waals surface area contributed by atoms with Crippen LogP contribution in [0.15, 0.2) is 48.8 Å². The SMILES string of the molecule is COc1ccc2[nH]c([C@@H]3CCCN3c3cc(C)c[c]c3-n3cccn3)nc2c1. The number of nitrogens with zero attached hydrogens (tertiary/aromatic N) is 4. The van der Waals surface area contributed by atoms with Gasteiger partial charge >= 0.3 is 0 Å². The summed E-state index contributed by atoms with van der Waals surface area (Å²) in [5.41, 5.74) is 5.27. The molecule has 3 heterocycles. The molecule has 0 saturated carbocycles. The third kappa shape index (κ3) is 2.81. The van der Waals surface area contributed by atoms with Gasteiger partial charge in [0.15, 0.2) is 0 Å². The first-order valence-electron chi connectivity index (χ1n) is 9.55. The smallest absolute Gasteiger partial charge is 0.130 e. The van der Waals surface area contributed by atoms with E-state index in [1.807, 2.05) is 41.2 Å². The van der Waals surface area contributed by atoms with Crippen LogP contribution in [-0.4, -0.2) is 33.4 Å². The quantitative estimate of drug-likeness (QED) is 0.583. The van der Waals surface area contributed by atoms with Crippen molar-refractivity contribution in [2.24, 2.45) is 0 Å². The van der Waals surface area contributed by atoms with E-state index in [9.17, 15) is 0 Å². The molecule has 141 valence electrons. The van der Waals surface area contributed by atoms with Crippen molar-refractivity contribution in [3.8, 4) is 11.4 Å². The van der Waals surface area contributed by atoms with E-state index in [0.29, 0.717) is 0 Å². The lowest BCUT2D eigenvalue weighted by Gasteiger charge is -2.27. The second-order valence-corrected chi connectivity index (χ2v) is 7.22. The molecule has 0 amide bonds. The van der Waals surface area contributed by atoms with Gasteiger partial charge in [-0.3, -0.25) is 0 Å². The maximum atomic E-state index is 5.34. The monoisotopic (exact) mass is 372 g/mol. The Morgan fingerprint density at radius 3 is 3.04 bits per heavy atom. The van der Waals surface area contributed by atoms with Gasteiger partial charge in [0.25, 0.3) is 0 Å². The number of aromatic nitrogens is 4. The number of aromatic amines is 1. The lowest BCUT2D eigenvalue weighted by molar-refractivity contribution is 0.415. The molecule has 0 unspecified atom stereocenters. The van der Waals surface area contributed by atoms with Crippen LogP contribution in [0, 0.1) is 13.0 Å². The summed E-state index contributed by atoms with van der Waals surface area (Å²) in [7, 11) is 1.68. The Bertz CT molecular complexity index is 1120. The molecule has 0 aliphatic carbocycles. The molecule has 1 atom stereocenters. The molecule has 1 saturated heterocycles. The van der Waals surface area contributed by atoms with Crippen molar-refractivity contribution in [3.05, 3.63) is 66.2 Å². The van der Waals surface area contributed by atoms with Crippen molar-refractivity contribution >= 4 is 16.7 Å². The molecule has 1 fully saturated rings. The molecule has 1 aliphatic rings. The molecule has 2 aromatic heterocycles. The van der Waals surface area contributed by atoms with Crippen LogP contribution in [0.25, 0.3) is 16.7 Å². The number of hydrogen-bond acceptors (Lipinski definition) is 4. The molecular weight excluding hydrogens is 350 g/mol. The molecule has 6 nitrogen and oxygen atoms in total. The second kappa shape index (κ2) is 6.71. The third-order valence-electron chi connectivity index (χ3n) is 5.36. The van der Waals surface area contributed by atoms with Crippen LogP contribution in [0.1, 0.15) is 30.3 Å². The Hall–Kier alpha value is -3.28. The zero-order valence-electron chi connectivity index (χ0n) is 16.0. The topological polar surface area (TPSA) is 59.0 Å². The Morgan fingerprint density at radius 1 is 1.29 bits per heavy atom. The number of aryl methyl sites for hydroxylation is 1. The number of benzene rings is 2. The minimum atomic E-state index is 0.197. The highest BCUT2D eigenvalue weighted by Crippen LogP contribution is 2.38. The fraction of sp³-hybridized carbons (Fsp3) is 0.273. The van der Waals surface area contributed by atoms with Crippen LogP contribution in [0.4, 0.5) is 5.69 Å². The Labute approximate surface area is 163 Å². The van der Waals surface area contributed by atoms with Crippen molar-refractivity contribution in [2.75, 3.05) is 18.6 Å². The van der Waals surface area contributed by atoms with E-state index in [-0.39, 0.29) is 6.04 Å². The molecule has 0 bridgehead atoms. The Balaban J connectivity index is 1.57. The average Bonchev–Trinajstić information content (AvgIpc) is 3.46. The largest absolute Gasteiger partial charge is 0.497 e. The molecule has 1 radical (unpaired) electrons. The lowest BCUT2D eigenvalue weighted by atomic mass is 10.1. The van der Waals surface area contributed by atoms with Gasteiger partial charge in [0, 0.05) is 31.1 Å². The summed E-state index contributed by atoms with van der Waals surface area (Å²) in [6.07, 6.45) is 5.94. The predicted molar refractivity (Wildman–Crippen MR) is 109 cm³/mol. The van der Waals surface area contributed by atoms with Crippen molar-refractivity contribution < 1.29 is 4.74 Å². The first-order valence-corrected chi connectivity index (χ1v) is 9.55. The number of imidazole rings is 1. The number of anilines is 1. The highest BCUT2D eigenvalue weighted by Gasteiger charge is 2.30. The van der Waals surface area contributed by atoms with E-state index in [4.69, 9.17) is 9.72 Å². The maximum absolute atomic E-state index is 5.34. The van der Waals surface area contributed by atoms with Crippen molar-refractivity contribution in [3.63, 3.8) is 0 Å². The van der Waals surface area contributed by atoms with E-state index in [0.717, 1.165) is 53.4 Å². The van der Waals surface area contributed by atoms with Gasteiger partial charge in [-0.1, -0.05) is 0 Å². The van der Waals surface area contributed by atoms with E-state index < -0.39 is 0 Å². The summed E-state index contributed by atoms with van der Waals surface area (Å²) in [6, 6.07) is 15.7. The minimum Gasteiger partial charge on any atom is -0.497 e. The fourth-order valence-electron chi connectivity index (χ4n) is 4.01. The highest BCUT2D eigenvalue weighted by molar-refractivity contribution is 5.77. The summed E-state index contributed by atoms with van der Waals surface area (Å²) in [4.78, 5) is 10.8. The van der Waals surface area contributed by atoms with E-state index >= 15 is 0 Å². The van der Waals surface area contributed by atoms with Gasteiger partial charge < -0.3 is 14.6 Å². The maximum Gasteiger partial charge on any atom is 0.130 e. The standard InChI is InChI=1S/C22H22N5O/c1-15-6-9-19(27-12-4-10-23-27)21(13-15)26-11-3-5-20(26)22-24-17-8-7-16(28-2)14-18(17)25-22/h4,6-8,10,12-14,20H,3,5,11H2,1-2H3,(H,24,25)/t20-/m0/s1. The molecule has 2 aromatic carbocycles. The van der Waals surface area contributed by atoms with E-state index in [1.54, 1.807) is 13.3 Å². The zero-order valence-corrected chi connectivity index (χ0v) is 16.0. The Kier molecular flexibility index (Phi) is 4.04. The minimum absolute atomic E-state index is 0.197. The summed E-state index contributed by atoms with van der Waals surface area (Å²) < 4.78 is 7.22. The molecule has 1 N–H and O–H groups in total. The molecule has 4 aromatic rings. The van der Waals surface area contributed by atoms with Gasteiger partial charge in [0.05, 0.1) is 35.6 Å². The number of ether oxygens (including phenoxy) is 1. The van der Waals surface area contributed by atoms with Gasteiger partial charge in [-0.2, -0.15) is 5.10 Å². The van der Waals surface area contributed by atoms with Crippen LogP contribution in [0.3, 0.4) is 0 Å². The van der Waals surface area contributed by atoms with Crippen molar-refractivity contribution in [1.82, 2.24) is 19.7 Å². The lowest BCUT2D eigenvalue weighted by Crippen LogP contribution is -2.25. The normalized spacial score (nSPS) is 16.8. The average molecular weight is 372 g/mol. The van der Waals surface area contributed by atoms with Crippen LogP contribution < -0.4 is 9.64 Å². The number of H-pyrrole nitrogens is 1. The number of hydrogen-bond donors (Lipinski definition) is 1. The summed E-state index contributed by atoms with van der Waals surface area (Å²) in [6.45, 7) is 3.09. The van der Waals surface area contributed by atoms with Crippen molar-refractivity contribution in [2.45, 2.75) is 25.8 Å². The summed E-state index contributed by atoms with van der Waals surface area (Å²) in [5.74, 6) is 1.82. The van der Waals surface area contributed by atoms with Gasteiger partial charge in [0.2, 0.25) is 0 Å². The molecule has 1 aliphatic heterocycles. The molecule has 28 heavy (non-hydrogen) atoms. The van der Waals surface area contributed by atoms with Crippen LogP contribution in [0.2, 0.25) is 0 Å². The molecule has 0 spiro atoms.